The number of benzene rings is 2. The molecule has 0 atom stereocenters. The fourth-order valence-corrected chi connectivity index (χ4v) is 1.68. The van der Waals surface area contributed by atoms with Gasteiger partial charge in [0, 0.05) is 0 Å². The molecule has 0 saturated carbocycles. The second kappa shape index (κ2) is 6.38. The first-order valence-corrected chi connectivity index (χ1v) is 6.13. The Morgan fingerprint density at radius 3 is 2.45 bits per heavy atom. The van der Waals surface area contributed by atoms with E-state index in [2.05, 4.69) is 0 Å². The molecule has 0 aliphatic carbocycles. The standard InChI is InChI=1S/C17H14O3/c18-14-10-11-17(20)15(12-14)16(19)9-5-4-8-13-6-2-1-3-7-13/h1-12,18,20H/b8-4+,9-5+. The van der Waals surface area contributed by atoms with Gasteiger partial charge in [-0.05, 0) is 29.8 Å². The third kappa shape index (κ3) is 3.59. The first kappa shape index (κ1) is 13.6. The molecule has 100 valence electrons. The monoisotopic (exact) mass is 266 g/mol. The molecule has 2 aromatic carbocycles. The van der Waals surface area contributed by atoms with Gasteiger partial charge in [0.05, 0.1) is 5.56 Å². The Kier molecular flexibility index (Phi) is 4.35. The van der Waals surface area contributed by atoms with E-state index in [1.54, 1.807) is 12.2 Å². The van der Waals surface area contributed by atoms with Gasteiger partial charge in [-0.1, -0.05) is 48.6 Å². The van der Waals surface area contributed by atoms with Crippen LogP contribution < -0.4 is 0 Å². The lowest BCUT2D eigenvalue weighted by atomic mass is 10.1. The Balaban J connectivity index is 2.06. The molecule has 20 heavy (non-hydrogen) atoms. The van der Waals surface area contributed by atoms with Crippen molar-refractivity contribution in [3.63, 3.8) is 0 Å². The molecule has 0 aromatic heterocycles. The molecule has 2 N–H and O–H groups in total. The van der Waals surface area contributed by atoms with E-state index in [-0.39, 0.29) is 22.8 Å². The van der Waals surface area contributed by atoms with Crippen molar-refractivity contribution in [3.05, 3.63) is 77.9 Å². The summed E-state index contributed by atoms with van der Waals surface area (Å²) in [5, 5.41) is 18.9. The van der Waals surface area contributed by atoms with Crippen LogP contribution in [0.4, 0.5) is 0 Å². The average Bonchev–Trinajstić information content (AvgIpc) is 2.47. The first-order chi connectivity index (χ1) is 9.66. The largest absolute Gasteiger partial charge is 0.508 e. The Morgan fingerprint density at radius 1 is 0.950 bits per heavy atom. The molecule has 0 spiro atoms. The van der Waals surface area contributed by atoms with Crippen LogP contribution in [-0.2, 0) is 0 Å². The van der Waals surface area contributed by atoms with Crippen molar-refractivity contribution in [2.45, 2.75) is 0 Å². The highest BCUT2D eigenvalue weighted by molar-refractivity contribution is 6.06. The minimum Gasteiger partial charge on any atom is -0.508 e. The average molecular weight is 266 g/mol. The van der Waals surface area contributed by atoms with E-state index >= 15 is 0 Å². The number of carbonyl (C=O) groups excluding carboxylic acids is 1. The SMILES string of the molecule is O=C(/C=C/C=C/c1ccccc1)c1cc(O)ccc1O. The number of phenolic OH excluding ortho intramolecular Hbond substituents is 2. The summed E-state index contributed by atoms with van der Waals surface area (Å²) < 4.78 is 0. The molecule has 0 aliphatic rings. The van der Waals surface area contributed by atoms with Gasteiger partial charge >= 0.3 is 0 Å². The molecule has 0 heterocycles. The lowest BCUT2D eigenvalue weighted by molar-refractivity contribution is 0.104. The maximum absolute atomic E-state index is 11.8. The fourth-order valence-electron chi connectivity index (χ4n) is 1.68. The lowest BCUT2D eigenvalue weighted by Gasteiger charge is -2.00. The number of hydrogen-bond acceptors (Lipinski definition) is 3. The van der Waals surface area contributed by atoms with Crippen LogP contribution in [0.2, 0.25) is 0 Å². The maximum atomic E-state index is 11.8. The Bertz CT molecular complexity index is 655. The van der Waals surface area contributed by atoms with Gasteiger partial charge in [0.2, 0.25) is 0 Å². The Hall–Kier alpha value is -2.81. The summed E-state index contributed by atoms with van der Waals surface area (Å²) in [6, 6.07) is 13.5. The quantitative estimate of drug-likeness (QED) is 0.385. The third-order valence-electron chi connectivity index (χ3n) is 2.69. The summed E-state index contributed by atoms with van der Waals surface area (Å²) >= 11 is 0. The lowest BCUT2D eigenvalue weighted by Crippen LogP contribution is -1.94. The molecule has 0 aliphatic heterocycles. The van der Waals surface area contributed by atoms with Crippen LogP contribution in [0.25, 0.3) is 6.08 Å². The van der Waals surface area contributed by atoms with E-state index in [9.17, 15) is 15.0 Å². The van der Waals surface area contributed by atoms with Gasteiger partial charge in [0.1, 0.15) is 11.5 Å². The van der Waals surface area contributed by atoms with E-state index in [0.717, 1.165) is 5.56 Å². The van der Waals surface area contributed by atoms with Crippen LogP contribution >= 0.6 is 0 Å². The van der Waals surface area contributed by atoms with E-state index < -0.39 is 0 Å². The summed E-state index contributed by atoms with van der Waals surface area (Å²) in [6.07, 6.45) is 6.55. The molecular formula is C17H14O3. The van der Waals surface area contributed by atoms with E-state index in [1.165, 1.54) is 24.3 Å². The summed E-state index contributed by atoms with van der Waals surface area (Å²) in [5.41, 5.74) is 1.11. The number of phenols is 2. The van der Waals surface area contributed by atoms with Crippen molar-refractivity contribution in [1.29, 1.82) is 0 Å². The third-order valence-corrected chi connectivity index (χ3v) is 2.69. The van der Waals surface area contributed by atoms with Crippen molar-refractivity contribution >= 4 is 11.9 Å². The van der Waals surface area contributed by atoms with E-state index in [1.807, 2.05) is 36.4 Å². The number of hydrogen-bond donors (Lipinski definition) is 2. The van der Waals surface area contributed by atoms with Crippen LogP contribution in [0.3, 0.4) is 0 Å². The van der Waals surface area contributed by atoms with Gasteiger partial charge in [-0.2, -0.15) is 0 Å². The van der Waals surface area contributed by atoms with Crippen molar-refractivity contribution in [3.8, 4) is 11.5 Å². The fraction of sp³-hybridized carbons (Fsp3) is 0. The van der Waals surface area contributed by atoms with Crippen molar-refractivity contribution < 1.29 is 15.0 Å². The van der Waals surface area contributed by atoms with Crippen LogP contribution in [0.1, 0.15) is 15.9 Å². The van der Waals surface area contributed by atoms with Gasteiger partial charge in [0.25, 0.3) is 0 Å². The minimum atomic E-state index is -0.365. The highest BCUT2D eigenvalue weighted by Gasteiger charge is 2.08. The van der Waals surface area contributed by atoms with Crippen LogP contribution in [0.15, 0.2) is 66.8 Å². The molecule has 2 rings (SSSR count). The molecule has 0 saturated heterocycles. The molecular weight excluding hydrogens is 252 g/mol. The number of aromatic hydroxyl groups is 2. The van der Waals surface area contributed by atoms with Gasteiger partial charge in [-0.3, -0.25) is 4.79 Å². The highest BCUT2D eigenvalue weighted by Crippen LogP contribution is 2.22. The first-order valence-electron chi connectivity index (χ1n) is 6.13. The second-order valence-electron chi connectivity index (χ2n) is 4.19. The molecule has 0 radical (unpaired) electrons. The number of rotatable bonds is 4. The molecule has 0 fully saturated rings. The predicted molar refractivity (Wildman–Crippen MR) is 78.7 cm³/mol. The minimum absolute atomic E-state index is 0.0561. The Morgan fingerprint density at radius 2 is 1.70 bits per heavy atom. The van der Waals surface area contributed by atoms with E-state index in [4.69, 9.17) is 0 Å². The molecule has 0 amide bonds. The summed E-state index contributed by atoms with van der Waals surface area (Å²) in [7, 11) is 0. The van der Waals surface area contributed by atoms with Crippen molar-refractivity contribution in [1.82, 2.24) is 0 Å². The van der Waals surface area contributed by atoms with Crippen molar-refractivity contribution in [2.75, 3.05) is 0 Å². The van der Waals surface area contributed by atoms with Crippen molar-refractivity contribution in [2.24, 2.45) is 0 Å². The highest BCUT2D eigenvalue weighted by atomic mass is 16.3. The Labute approximate surface area is 117 Å². The molecule has 3 heteroatoms. The number of ketones is 1. The number of carbonyl (C=O) groups is 1. The molecule has 2 aromatic rings. The maximum Gasteiger partial charge on any atom is 0.189 e. The second-order valence-corrected chi connectivity index (χ2v) is 4.19. The van der Waals surface area contributed by atoms with E-state index in [0.29, 0.717) is 0 Å². The zero-order valence-electron chi connectivity index (χ0n) is 10.7. The predicted octanol–water partition coefficient (Wildman–Crippen LogP) is 3.55. The molecule has 0 bridgehead atoms. The summed E-state index contributed by atoms with van der Waals surface area (Å²) in [5.74, 6) is -0.569. The van der Waals surface area contributed by atoms with Gasteiger partial charge in [-0.25, -0.2) is 0 Å². The summed E-state index contributed by atoms with van der Waals surface area (Å²) in [6.45, 7) is 0. The molecule has 3 nitrogen and oxygen atoms in total. The molecule has 0 unspecified atom stereocenters. The summed E-state index contributed by atoms with van der Waals surface area (Å²) in [4.78, 5) is 11.8. The topological polar surface area (TPSA) is 57.5 Å². The van der Waals surface area contributed by atoms with Gasteiger partial charge in [0.15, 0.2) is 5.78 Å². The normalized spacial score (nSPS) is 11.2. The van der Waals surface area contributed by atoms with Crippen LogP contribution in [0, 0.1) is 0 Å². The van der Waals surface area contributed by atoms with Crippen LogP contribution in [-0.4, -0.2) is 16.0 Å². The smallest absolute Gasteiger partial charge is 0.189 e. The van der Waals surface area contributed by atoms with Gasteiger partial charge in [-0.15, -0.1) is 0 Å². The van der Waals surface area contributed by atoms with Crippen LogP contribution in [0.5, 0.6) is 11.5 Å². The number of allylic oxidation sites excluding steroid dienone is 3. The van der Waals surface area contributed by atoms with Gasteiger partial charge < -0.3 is 10.2 Å². The zero-order valence-corrected chi connectivity index (χ0v) is 10.7. The zero-order chi connectivity index (χ0) is 14.4.